The highest BCUT2D eigenvalue weighted by Gasteiger charge is 2.35. The van der Waals surface area contributed by atoms with Crippen molar-refractivity contribution in [1.29, 1.82) is 0 Å². The number of hydrogen-bond donors (Lipinski definition) is 1. The molecule has 1 aliphatic heterocycles. The van der Waals surface area contributed by atoms with Gasteiger partial charge in [0.15, 0.2) is 20.9 Å². The van der Waals surface area contributed by atoms with Crippen LogP contribution in [0.5, 0.6) is 5.88 Å². The summed E-state index contributed by atoms with van der Waals surface area (Å²) < 4.78 is 29.2. The summed E-state index contributed by atoms with van der Waals surface area (Å²) in [5.74, 6) is -0.943. The van der Waals surface area contributed by atoms with E-state index in [-0.39, 0.29) is 23.9 Å². The molecule has 0 aromatic carbocycles. The molecule has 1 aromatic heterocycles. The molecule has 0 amide bonds. The topological polar surface area (TPSA) is 98.5 Å². The zero-order valence-electron chi connectivity index (χ0n) is 9.87. The average Bonchev–Trinajstić information content (AvgIpc) is 2.81. The Labute approximate surface area is 104 Å². The third-order valence-corrected chi connectivity index (χ3v) is 4.89. The van der Waals surface area contributed by atoms with Gasteiger partial charge in [-0.15, -0.1) is 0 Å². The van der Waals surface area contributed by atoms with Crippen molar-refractivity contribution in [3.63, 3.8) is 0 Å². The lowest BCUT2D eigenvalue weighted by Gasteiger charge is -2.10. The molecule has 0 saturated carbocycles. The van der Waals surface area contributed by atoms with Crippen LogP contribution in [0.2, 0.25) is 0 Å². The van der Waals surface area contributed by atoms with Gasteiger partial charge in [0.25, 0.3) is 0 Å². The number of aromatic hydroxyl groups is 1. The standard InChI is InChI=1S/C10H14N2O5S/c1-2-17-10(14)7-6-8(13)12(11-7)9-4-3-5-18(9,15)16/h6,9,13H,2-5H2,1H3. The molecule has 8 heteroatoms. The van der Waals surface area contributed by atoms with Crippen LogP contribution in [0.25, 0.3) is 0 Å². The van der Waals surface area contributed by atoms with Crippen molar-refractivity contribution in [2.24, 2.45) is 0 Å². The molecule has 1 atom stereocenters. The van der Waals surface area contributed by atoms with Gasteiger partial charge in [-0.3, -0.25) is 0 Å². The fourth-order valence-electron chi connectivity index (χ4n) is 1.95. The van der Waals surface area contributed by atoms with Gasteiger partial charge in [0.05, 0.1) is 12.4 Å². The number of hydrogen-bond acceptors (Lipinski definition) is 6. The van der Waals surface area contributed by atoms with Crippen molar-refractivity contribution in [2.75, 3.05) is 12.4 Å². The fraction of sp³-hybridized carbons (Fsp3) is 0.600. The lowest BCUT2D eigenvalue weighted by Crippen LogP contribution is -2.17. The molecule has 1 N–H and O–H groups in total. The van der Waals surface area contributed by atoms with Gasteiger partial charge in [-0.1, -0.05) is 0 Å². The molecule has 0 aliphatic carbocycles. The SMILES string of the molecule is CCOC(=O)c1cc(O)n(C2CCCS2(=O)=O)n1. The maximum absolute atomic E-state index is 11.7. The maximum atomic E-state index is 11.7. The van der Waals surface area contributed by atoms with Gasteiger partial charge in [0.1, 0.15) is 0 Å². The molecular formula is C10H14N2O5S. The van der Waals surface area contributed by atoms with Crippen LogP contribution in [-0.4, -0.2) is 41.6 Å². The summed E-state index contributed by atoms with van der Waals surface area (Å²) in [6, 6.07) is 1.12. The number of sulfone groups is 1. The van der Waals surface area contributed by atoms with Crippen molar-refractivity contribution in [2.45, 2.75) is 25.1 Å². The summed E-state index contributed by atoms with van der Waals surface area (Å²) in [4.78, 5) is 11.4. The smallest absolute Gasteiger partial charge is 0.358 e. The summed E-state index contributed by atoms with van der Waals surface area (Å²) in [5, 5.41) is 12.6. The van der Waals surface area contributed by atoms with Crippen LogP contribution in [0.1, 0.15) is 35.6 Å². The summed E-state index contributed by atoms with van der Waals surface area (Å²) >= 11 is 0. The Kier molecular flexibility index (Phi) is 3.29. The summed E-state index contributed by atoms with van der Waals surface area (Å²) in [6.45, 7) is 1.84. The van der Waals surface area contributed by atoms with Crippen molar-refractivity contribution in [1.82, 2.24) is 9.78 Å². The van der Waals surface area contributed by atoms with Gasteiger partial charge < -0.3 is 9.84 Å². The Morgan fingerprint density at radius 1 is 1.67 bits per heavy atom. The highest BCUT2D eigenvalue weighted by Crippen LogP contribution is 2.32. The zero-order valence-corrected chi connectivity index (χ0v) is 10.7. The van der Waals surface area contributed by atoms with E-state index in [2.05, 4.69) is 5.10 Å². The van der Waals surface area contributed by atoms with Crippen LogP contribution in [0.4, 0.5) is 0 Å². The van der Waals surface area contributed by atoms with Gasteiger partial charge in [-0.25, -0.2) is 17.9 Å². The van der Waals surface area contributed by atoms with Crippen molar-refractivity contribution in [3.05, 3.63) is 11.8 Å². The number of carbonyl (C=O) groups is 1. The summed E-state index contributed by atoms with van der Waals surface area (Å²) in [7, 11) is -3.30. The normalized spacial score (nSPS) is 21.9. The summed E-state index contributed by atoms with van der Waals surface area (Å²) in [5.41, 5.74) is -0.0866. The number of nitrogens with zero attached hydrogens (tertiary/aromatic N) is 2. The van der Waals surface area contributed by atoms with Crippen LogP contribution in [0, 0.1) is 0 Å². The van der Waals surface area contributed by atoms with Gasteiger partial charge in [-0.05, 0) is 19.8 Å². The average molecular weight is 274 g/mol. The second kappa shape index (κ2) is 4.60. The van der Waals surface area contributed by atoms with Crippen molar-refractivity contribution in [3.8, 4) is 5.88 Å². The molecule has 0 bridgehead atoms. The molecule has 1 aromatic rings. The van der Waals surface area contributed by atoms with Gasteiger partial charge in [-0.2, -0.15) is 5.10 Å². The minimum absolute atomic E-state index is 0.0751. The van der Waals surface area contributed by atoms with E-state index in [1.165, 1.54) is 0 Å². The number of ether oxygens (including phenoxy) is 1. The number of aromatic nitrogens is 2. The monoisotopic (exact) mass is 274 g/mol. The zero-order chi connectivity index (χ0) is 13.3. The third-order valence-electron chi connectivity index (χ3n) is 2.77. The molecule has 0 radical (unpaired) electrons. The first-order valence-corrected chi connectivity index (χ1v) is 7.34. The lowest BCUT2D eigenvalue weighted by atomic mass is 10.3. The second-order valence-electron chi connectivity index (χ2n) is 4.02. The minimum atomic E-state index is -3.30. The molecule has 18 heavy (non-hydrogen) atoms. The van der Waals surface area contributed by atoms with E-state index in [4.69, 9.17) is 4.74 Å². The first-order chi connectivity index (χ1) is 8.45. The molecule has 1 aliphatic rings. The second-order valence-corrected chi connectivity index (χ2v) is 6.29. The Balaban J connectivity index is 2.33. The molecule has 2 rings (SSSR count). The van der Waals surface area contributed by atoms with Gasteiger partial charge >= 0.3 is 5.97 Å². The number of esters is 1. The van der Waals surface area contributed by atoms with Crippen molar-refractivity contribution < 1.29 is 23.1 Å². The van der Waals surface area contributed by atoms with E-state index in [1.807, 2.05) is 0 Å². The van der Waals surface area contributed by atoms with Crippen LogP contribution >= 0.6 is 0 Å². The largest absolute Gasteiger partial charge is 0.493 e. The quantitative estimate of drug-likeness (QED) is 0.805. The van der Waals surface area contributed by atoms with Gasteiger partial charge in [0, 0.05) is 6.07 Å². The molecule has 100 valence electrons. The van der Waals surface area contributed by atoms with E-state index >= 15 is 0 Å². The third kappa shape index (κ3) is 2.20. The van der Waals surface area contributed by atoms with Crippen molar-refractivity contribution >= 4 is 15.8 Å². The molecule has 7 nitrogen and oxygen atoms in total. The maximum Gasteiger partial charge on any atom is 0.358 e. The predicted octanol–water partition coefficient (Wildman–Crippen LogP) is 0.473. The Morgan fingerprint density at radius 3 is 2.94 bits per heavy atom. The highest BCUT2D eigenvalue weighted by molar-refractivity contribution is 7.91. The van der Waals surface area contributed by atoms with Crippen LogP contribution in [0.3, 0.4) is 0 Å². The lowest BCUT2D eigenvalue weighted by molar-refractivity contribution is 0.0518. The molecule has 1 saturated heterocycles. The minimum Gasteiger partial charge on any atom is -0.493 e. The Hall–Kier alpha value is -1.57. The van der Waals surface area contributed by atoms with E-state index in [9.17, 15) is 18.3 Å². The molecule has 2 heterocycles. The molecular weight excluding hydrogens is 260 g/mol. The predicted molar refractivity (Wildman–Crippen MR) is 61.9 cm³/mol. The van der Waals surface area contributed by atoms with Gasteiger partial charge in [0.2, 0.25) is 5.88 Å². The fourth-order valence-corrected chi connectivity index (χ4v) is 3.78. The number of rotatable bonds is 3. The Bertz CT molecular complexity index is 563. The highest BCUT2D eigenvalue weighted by atomic mass is 32.2. The Morgan fingerprint density at radius 2 is 2.39 bits per heavy atom. The molecule has 1 fully saturated rings. The molecule has 0 spiro atoms. The summed E-state index contributed by atoms with van der Waals surface area (Å²) in [6.07, 6.45) is 0.918. The van der Waals surface area contributed by atoms with E-state index in [0.29, 0.717) is 12.8 Å². The van der Waals surface area contributed by atoms with Crippen LogP contribution in [-0.2, 0) is 14.6 Å². The van der Waals surface area contributed by atoms with Crippen LogP contribution < -0.4 is 0 Å². The van der Waals surface area contributed by atoms with Crippen LogP contribution in [0.15, 0.2) is 6.07 Å². The van der Waals surface area contributed by atoms with E-state index < -0.39 is 21.2 Å². The number of carbonyl (C=O) groups excluding carboxylic acids is 1. The van der Waals surface area contributed by atoms with E-state index in [0.717, 1.165) is 10.7 Å². The first-order valence-electron chi connectivity index (χ1n) is 5.63. The first kappa shape index (κ1) is 12.9. The molecule has 1 unspecified atom stereocenters. The van der Waals surface area contributed by atoms with E-state index in [1.54, 1.807) is 6.92 Å².